The lowest BCUT2D eigenvalue weighted by Gasteiger charge is -2.40. The molecule has 1 amide bonds. The second kappa shape index (κ2) is 6.49. The van der Waals surface area contributed by atoms with Crippen molar-refractivity contribution in [2.45, 2.75) is 35.7 Å². The molecular formula is C14H12F4N4O3S2. The second-order valence-electron chi connectivity index (χ2n) is 5.99. The van der Waals surface area contributed by atoms with Crippen LogP contribution in [0.5, 0.6) is 0 Å². The number of primary sulfonamides is 1. The van der Waals surface area contributed by atoms with Gasteiger partial charge >= 0.3 is 6.18 Å². The Bertz CT molecular complexity index is 1000. The highest BCUT2D eigenvalue weighted by Crippen LogP contribution is 2.55. The van der Waals surface area contributed by atoms with Gasteiger partial charge in [-0.3, -0.25) is 10.1 Å². The number of amides is 1. The van der Waals surface area contributed by atoms with E-state index in [1.54, 1.807) is 0 Å². The Labute approximate surface area is 154 Å². The van der Waals surface area contributed by atoms with Gasteiger partial charge in [0.05, 0.1) is 10.5 Å². The van der Waals surface area contributed by atoms with Gasteiger partial charge in [0, 0.05) is 0 Å². The number of halogens is 4. The fourth-order valence-corrected chi connectivity index (χ4v) is 4.18. The Hall–Kier alpha value is -2.12. The molecule has 3 N–H and O–H groups in total. The molecule has 0 spiro atoms. The molecule has 2 aromatic rings. The zero-order chi connectivity index (χ0) is 20.0. The number of nitrogens with one attached hydrogen (secondary N) is 1. The van der Waals surface area contributed by atoms with Gasteiger partial charge in [0.25, 0.3) is 5.91 Å². The molecule has 1 aromatic heterocycles. The standard InChI is InChI=1S/C14H12F4N4O3S2/c15-9-3-2-7(27(19,24)25)6-8(9)10(23)20-12-22-21-11(26-12)13(4-1-5-13)14(16,17)18/h2-3,6H,1,4-5H2,(H2,19,24,25)(H,20,22,23). The number of rotatable bonds is 4. The molecule has 1 aliphatic carbocycles. The third kappa shape index (κ3) is 3.53. The van der Waals surface area contributed by atoms with Crippen molar-refractivity contribution in [3.05, 3.63) is 34.6 Å². The zero-order valence-corrected chi connectivity index (χ0v) is 15.0. The first-order chi connectivity index (χ1) is 12.4. The summed E-state index contributed by atoms with van der Waals surface area (Å²) in [5.41, 5.74) is -2.72. The summed E-state index contributed by atoms with van der Waals surface area (Å²) < 4.78 is 76.5. The zero-order valence-electron chi connectivity index (χ0n) is 13.4. The van der Waals surface area contributed by atoms with Crippen LogP contribution in [0, 0.1) is 5.82 Å². The molecule has 1 saturated carbocycles. The molecule has 0 aliphatic heterocycles. The van der Waals surface area contributed by atoms with Crippen molar-refractivity contribution in [3.8, 4) is 0 Å². The summed E-state index contributed by atoms with van der Waals surface area (Å²) in [5, 5.41) is 13.6. The van der Waals surface area contributed by atoms with Crippen LogP contribution in [0.4, 0.5) is 22.7 Å². The van der Waals surface area contributed by atoms with Gasteiger partial charge in [-0.25, -0.2) is 17.9 Å². The van der Waals surface area contributed by atoms with Gasteiger partial charge in [0.1, 0.15) is 16.2 Å². The number of carbonyl (C=O) groups is 1. The van der Waals surface area contributed by atoms with E-state index in [0.29, 0.717) is 17.8 Å². The first-order valence-corrected chi connectivity index (χ1v) is 9.85. The Balaban J connectivity index is 1.85. The molecule has 1 aliphatic rings. The van der Waals surface area contributed by atoms with Crippen molar-refractivity contribution in [2.24, 2.45) is 5.14 Å². The molecule has 1 heterocycles. The topological polar surface area (TPSA) is 115 Å². The van der Waals surface area contributed by atoms with Crippen molar-refractivity contribution in [3.63, 3.8) is 0 Å². The maximum absolute atomic E-state index is 13.8. The van der Waals surface area contributed by atoms with E-state index < -0.39 is 43.8 Å². The minimum absolute atomic E-state index is 0.121. The maximum Gasteiger partial charge on any atom is 0.400 e. The van der Waals surface area contributed by atoms with E-state index in [9.17, 15) is 30.8 Å². The molecule has 13 heteroatoms. The monoisotopic (exact) mass is 424 g/mol. The predicted octanol–water partition coefficient (Wildman–Crippen LogP) is 2.56. The number of benzene rings is 1. The van der Waals surface area contributed by atoms with Crippen LogP contribution in [0.1, 0.15) is 34.6 Å². The molecule has 146 valence electrons. The Kier molecular flexibility index (Phi) is 4.72. The number of hydrogen-bond acceptors (Lipinski definition) is 6. The van der Waals surface area contributed by atoms with E-state index in [-0.39, 0.29) is 23.0 Å². The average Bonchev–Trinajstić information content (AvgIpc) is 2.91. The number of sulfonamides is 1. The van der Waals surface area contributed by atoms with Crippen molar-refractivity contribution in [2.75, 3.05) is 5.32 Å². The smallest absolute Gasteiger partial charge is 0.296 e. The third-order valence-electron chi connectivity index (χ3n) is 4.32. The number of alkyl halides is 3. The summed E-state index contributed by atoms with van der Waals surface area (Å²) >= 11 is 0.542. The highest BCUT2D eigenvalue weighted by Gasteiger charge is 2.61. The van der Waals surface area contributed by atoms with E-state index >= 15 is 0 Å². The lowest BCUT2D eigenvalue weighted by Crippen LogP contribution is -2.47. The molecule has 3 rings (SSSR count). The van der Waals surface area contributed by atoms with Crippen LogP contribution in [0.15, 0.2) is 23.1 Å². The van der Waals surface area contributed by atoms with Crippen LogP contribution >= 0.6 is 11.3 Å². The van der Waals surface area contributed by atoms with Crippen LogP contribution in [0.25, 0.3) is 0 Å². The van der Waals surface area contributed by atoms with Crippen molar-refractivity contribution in [1.82, 2.24) is 10.2 Å². The largest absolute Gasteiger partial charge is 0.400 e. The molecular weight excluding hydrogens is 412 g/mol. The lowest BCUT2D eigenvalue weighted by atomic mass is 9.68. The predicted molar refractivity (Wildman–Crippen MR) is 87.2 cm³/mol. The summed E-state index contributed by atoms with van der Waals surface area (Å²) in [6.07, 6.45) is -4.34. The van der Waals surface area contributed by atoms with Gasteiger partial charge in [-0.15, -0.1) is 10.2 Å². The van der Waals surface area contributed by atoms with E-state index in [2.05, 4.69) is 15.5 Å². The van der Waals surface area contributed by atoms with Crippen molar-refractivity contribution < 1.29 is 30.8 Å². The van der Waals surface area contributed by atoms with Gasteiger partial charge in [0.15, 0.2) is 0 Å². The number of aromatic nitrogens is 2. The first kappa shape index (κ1) is 19.6. The molecule has 0 unspecified atom stereocenters. The van der Waals surface area contributed by atoms with Crippen LogP contribution in [-0.2, 0) is 15.4 Å². The van der Waals surface area contributed by atoms with Gasteiger partial charge < -0.3 is 0 Å². The van der Waals surface area contributed by atoms with Gasteiger partial charge in [-0.05, 0) is 31.0 Å². The van der Waals surface area contributed by atoms with Crippen LogP contribution in [-0.4, -0.2) is 30.7 Å². The maximum atomic E-state index is 13.8. The summed E-state index contributed by atoms with van der Waals surface area (Å²) in [6.45, 7) is 0. The third-order valence-corrected chi connectivity index (χ3v) is 6.27. The first-order valence-electron chi connectivity index (χ1n) is 7.48. The molecule has 7 nitrogen and oxygen atoms in total. The Morgan fingerprint density at radius 2 is 1.93 bits per heavy atom. The molecule has 0 radical (unpaired) electrons. The average molecular weight is 424 g/mol. The molecule has 0 atom stereocenters. The van der Waals surface area contributed by atoms with E-state index in [4.69, 9.17) is 5.14 Å². The van der Waals surface area contributed by atoms with E-state index in [0.717, 1.165) is 18.2 Å². The molecule has 1 aromatic carbocycles. The molecule has 0 bridgehead atoms. The quantitative estimate of drug-likeness (QED) is 0.732. The Morgan fingerprint density at radius 1 is 1.26 bits per heavy atom. The number of nitrogens with zero attached hydrogens (tertiary/aromatic N) is 2. The van der Waals surface area contributed by atoms with Crippen LogP contribution < -0.4 is 10.5 Å². The fourth-order valence-electron chi connectivity index (χ4n) is 2.64. The molecule has 27 heavy (non-hydrogen) atoms. The summed E-state index contributed by atoms with van der Waals surface area (Å²) in [6, 6.07) is 2.35. The molecule has 0 saturated heterocycles. The fraction of sp³-hybridized carbons (Fsp3) is 0.357. The van der Waals surface area contributed by atoms with Gasteiger partial charge in [0.2, 0.25) is 15.2 Å². The second-order valence-corrected chi connectivity index (χ2v) is 8.53. The number of nitrogens with two attached hydrogens (primary N) is 1. The van der Waals surface area contributed by atoms with Gasteiger partial charge in [-0.2, -0.15) is 13.2 Å². The molecule has 1 fully saturated rings. The number of hydrogen-bond donors (Lipinski definition) is 2. The minimum Gasteiger partial charge on any atom is -0.296 e. The lowest BCUT2D eigenvalue weighted by molar-refractivity contribution is -0.212. The summed E-state index contributed by atoms with van der Waals surface area (Å²) in [5.74, 6) is -2.12. The SMILES string of the molecule is NS(=O)(=O)c1ccc(F)c(C(=O)Nc2nnc(C3(C(F)(F)F)CCC3)s2)c1. The van der Waals surface area contributed by atoms with Crippen molar-refractivity contribution >= 4 is 32.4 Å². The van der Waals surface area contributed by atoms with Gasteiger partial charge in [-0.1, -0.05) is 17.8 Å². The van der Waals surface area contributed by atoms with Crippen LogP contribution in [0.3, 0.4) is 0 Å². The normalized spacial score (nSPS) is 16.6. The highest BCUT2D eigenvalue weighted by atomic mass is 32.2. The van der Waals surface area contributed by atoms with E-state index in [1.165, 1.54) is 0 Å². The van der Waals surface area contributed by atoms with Crippen molar-refractivity contribution in [1.29, 1.82) is 0 Å². The highest BCUT2D eigenvalue weighted by molar-refractivity contribution is 7.89. The Morgan fingerprint density at radius 3 is 2.44 bits per heavy atom. The minimum atomic E-state index is -4.50. The van der Waals surface area contributed by atoms with E-state index in [1.807, 2.05) is 0 Å². The number of carbonyl (C=O) groups excluding carboxylic acids is 1. The summed E-state index contributed by atoms with van der Waals surface area (Å²) in [7, 11) is -4.17. The summed E-state index contributed by atoms with van der Waals surface area (Å²) in [4.78, 5) is 11.7. The number of anilines is 1. The van der Waals surface area contributed by atoms with Crippen LogP contribution in [0.2, 0.25) is 0 Å².